The van der Waals surface area contributed by atoms with E-state index in [-0.39, 0.29) is 11.8 Å². The summed E-state index contributed by atoms with van der Waals surface area (Å²) in [5, 5.41) is 2.88. The van der Waals surface area contributed by atoms with Gasteiger partial charge in [0.05, 0.1) is 6.61 Å². The molecule has 1 saturated heterocycles. The van der Waals surface area contributed by atoms with Crippen LogP contribution in [0.3, 0.4) is 0 Å². The first-order valence-electron chi connectivity index (χ1n) is 9.96. The fourth-order valence-electron chi connectivity index (χ4n) is 3.18. The molecule has 28 heavy (non-hydrogen) atoms. The second kappa shape index (κ2) is 9.40. The van der Waals surface area contributed by atoms with E-state index in [1.54, 1.807) is 36.4 Å². The Morgan fingerprint density at radius 3 is 2.50 bits per heavy atom. The lowest BCUT2D eigenvalue weighted by Gasteiger charge is -2.16. The third-order valence-electron chi connectivity index (χ3n) is 4.82. The van der Waals surface area contributed by atoms with Crippen molar-refractivity contribution in [2.45, 2.75) is 33.1 Å². The van der Waals surface area contributed by atoms with Gasteiger partial charge in [0.1, 0.15) is 5.75 Å². The molecule has 0 atom stereocenters. The number of anilines is 1. The molecule has 0 radical (unpaired) electrons. The van der Waals surface area contributed by atoms with E-state index in [0.29, 0.717) is 35.1 Å². The Kier molecular flexibility index (Phi) is 6.69. The van der Waals surface area contributed by atoms with Crippen LogP contribution in [0.4, 0.5) is 5.69 Å². The number of rotatable bonds is 7. The van der Waals surface area contributed by atoms with Crippen LogP contribution in [0.2, 0.25) is 0 Å². The van der Waals surface area contributed by atoms with Gasteiger partial charge in [0, 0.05) is 29.9 Å². The molecule has 0 bridgehead atoms. The molecular weight excluding hydrogens is 352 g/mol. The summed E-state index contributed by atoms with van der Waals surface area (Å²) < 4.78 is 5.74. The zero-order valence-electron chi connectivity index (χ0n) is 16.6. The van der Waals surface area contributed by atoms with E-state index in [1.807, 2.05) is 17.0 Å². The van der Waals surface area contributed by atoms with Crippen LogP contribution in [0.5, 0.6) is 5.75 Å². The lowest BCUT2D eigenvalue weighted by atomic mass is 10.1. The van der Waals surface area contributed by atoms with E-state index in [1.165, 1.54) is 0 Å². The number of nitrogens with one attached hydrogen (secondary N) is 1. The van der Waals surface area contributed by atoms with Gasteiger partial charge in [-0.15, -0.1) is 0 Å². The minimum atomic E-state index is -0.222. The summed E-state index contributed by atoms with van der Waals surface area (Å²) in [4.78, 5) is 27.0. The number of ether oxygens (including phenoxy) is 1. The van der Waals surface area contributed by atoms with Gasteiger partial charge < -0.3 is 15.0 Å². The summed E-state index contributed by atoms with van der Waals surface area (Å²) in [6.07, 6.45) is 3.07. The van der Waals surface area contributed by atoms with Crippen molar-refractivity contribution >= 4 is 17.5 Å². The molecule has 0 spiro atoms. The Balaban J connectivity index is 1.64. The molecule has 5 heteroatoms. The average molecular weight is 380 g/mol. The predicted octanol–water partition coefficient (Wildman–Crippen LogP) is 4.60. The first-order valence-corrected chi connectivity index (χ1v) is 9.96. The van der Waals surface area contributed by atoms with Gasteiger partial charge in [-0.1, -0.05) is 26.0 Å². The number of benzene rings is 2. The lowest BCUT2D eigenvalue weighted by molar-refractivity contribution is 0.0792. The van der Waals surface area contributed by atoms with Crippen molar-refractivity contribution in [3.05, 3.63) is 59.7 Å². The minimum absolute atomic E-state index is 0.0224. The molecule has 1 fully saturated rings. The highest BCUT2D eigenvalue weighted by Gasteiger charge is 2.19. The van der Waals surface area contributed by atoms with Crippen molar-refractivity contribution in [2.75, 3.05) is 25.0 Å². The normalized spacial score (nSPS) is 13.6. The van der Waals surface area contributed by atoms with Gasteiger partial charge in [0.25, 0.3) is 11.8 Å². The van der Waals surface area contributed by atoms with E-state index in [2.05, 4.69) is 19.2 Å². The van der Waals surface area contributed by atoms with Crippen molar-refractivity contribution in [3.8, 4) is 5.75 Å². The molecule has 0 aromatic heterocycles. The molecule has 0 unspecified atom stereocenters. The highest BCUT2D eigenvalue weighted by Crippen LogP contribution is 2.19. The monoisotopic (exact) mass is 380 g/mol. The van der Waals surface area contributed by atoms with E-state index < -0.39 is 0 Å². The Hall–Kier alpha value is -2.82. The van der Waals surface area contributed by atoms with Crippen LogP contribution in [0.25, 0.3) is 0 Å². The number of hydrogen-bond acceptors (Lipinski definition) is 3. The standard InChI is InChI=1S/C23H28N2O3/c1-17(2)11-14-28-21-10-6-7-18(16-21)22(26)24-20-9-5-8-19(15-20)23(27)25-12-3-4-13-25/h5-10,15-17H,3-4,11-14H2,1-2H3,(H,24,26). The molecule has 1 N–H and O–H groups in total. The topological polar surface area (TPSA) is 58.6 Å². The zero-order valence-corrected chi connectivity index (χ0v) is 16.6. The van der Waals surface area contributed by atoms with Crippen LogP contribution in [0, 0.1) is 5.92 Å². The Bertz CT molecular complexity index is 826. The van der Waals surface area contributed by atoms with Gasteiger partial charge in [-0.2, -0.15) is 0 Å². The summed E-state index contributed by atoms with van der Waals surface area (Å²) in [5.41, 5.74) is 1.74. The highest BCUT2D eigenvalue weighted by molar-refractivity contribution is 6.05. The number of carbonyl (C=O) groups excluding carboxylic acids is 2. The smallest absolute Gasteiger partial charge is 0.255 e. The van der Waals surface area contributed by atoms with Crippen molar-refractivity contribution in [2.24, 2.45) is 5.92 Å². The molecule has 0 saturated carbocycles. The molecule has 1 heterocycles. The molecule has 148 valence electrons. The number of amides is 2. The number of nitrogens with zero attached hydrogens (tertiary/aromatic N) is 1. The van der Waals surface area contributed by atoms with Crippen LogP contribution in [-0.2, 0) is 0 Å². The van der Waals surface area contributed by atoms with Crippen LogP contribution in [-0.4, -0.2) is 36.4 Å². The molecule has 2 aromatic rings. The quantitative estimate of drug-likeness (QED) is 0.764. The number of carbonyl (C=O) groups is 2. The van der Waals surface area contributed by atoms with Crippen LogP contribution in [0.1, 0.15) is 53.8 Å². The number of likely N-dealkylation sites (tertiary alicyclic amines) is 1. The van der Waals surface area contributed by atoms with Gasteiger partial charge in [-0.05, 0) is 61.6 Å². The summed E-state index contributed by atoms with van der Waals surface area (Å²) in [7, 11) is 0. The van der Waals surface area contributed by atoms with Gasteiger partial charge in [0.15, 0.2) is 0 Å². The first kappa shape index (κ1) is 19.9. The van der Waals surface area contributed by atoms with Gasteiger partial charge >= 0.3 is 0 Å². The molecule has 2 amide bonds. The highest BCUT2D eigenvalue weighted by atomic mass is 16.5. The average Bonchev–Trinajstić information content (AvgIpc) is 3.22. The van der Waals surface area contributed by atoms with Gasteiger partial charge in [-0.3, -0.25) is 9.59 Å². The third kappa shape index (κ3) is 5.35. The Morgan fingerprint density at radius 1 is 1.04 bits per heavy atom. The summed E-state index contributed by atoms with van der Waals surface area (Å²) >= 11 is 0. The summed E-state index contributed by atoms with van der Waals surface area (Å²) in [5.74, 6) is 1.06. The van der Waals surface area contributed by atoms with Crippen LogP contribution in [0.15, 0.2) is 48.5 Å². The molecule has 3 rings (SSSR count). The largest absolute Gasteiger partial charge is 0.494 e. The summed E-state index contributed by atoms with van der Waals surface area (Å²) in [6, 6.07) is 14.3. The van der Waals surface area contributed by atoms with Gasteiger partial charge in [0.2, 0.25) is 0 Å². The van der Waals surface area contributed by atoms with Crippen molar-refractivity contribution in [3.63, 3.8) is 0 Å². The van der Waals surface area contributed by atoms with E-state index >= 15 is 0 Å². The van der Waals surface area contributed by atoms with Crippen molar-refractivity contribution < 1.29 is 14.3 Å². The van der Waals surface area contributed by atoms with Gasteiger partial charge in [-0.25, -0.2) is 0 Å². The Labute approximate surface area is 166 Å². The molecular formula is C23H28N2O3. The minimum Gasteiger partial charge on any atom is -0.494 e. The molecule has 1 aliphatic heterocycles. The SMILES string of the molecule is CC(C)CCOc1cccc(C(=O)Nc2cccc(C(=O)N3CCCC3)c2)c1. The fraction of sp³-hybridized carbons (Fsp3) is 0.391. The molecule has 5 nitrogen and oxygen atoms in total. The maximum Gasteiger partial charge on any atom is 0.255 e. The predicted molar refractivity (Wildman–Crippen MR) is 111 cm³/mol. The molecule has 0 aliphatic carbocycles. The maximum absolute atomic E-state index is 12.6. The molecule has 2 aromatic carbocycles. The fourth-order valence-corrected chi connectivity index (χ4v) is 3.18. The Morgan fingerprint density at radius 2 is 1.75 bits per heavy atom. The van der Waals surface area contributed by atoms with Crippen LogP contribution < -0.4 is 10.1 Å². The number of hydrogen-bond donors (Lipinski definition) is 1. The van der Waals surface area contributed by atoms with Crippen LogP contribution >= 0.6 is 0 Å². The maximum atomic E-state index is 12.6. The first-order chi connectivity index (χ1) is 13.5. The van der Waals surface area contributed by atoms with E-state index in [0.717, 1.165) is 32.4 Å². The summed E-state index contributed by atoms with van der Waals surface area (Å²) in [6.45, 7) is 6.53. The van der Waals surface area contributed by atoms with E-state index in [9.17, 15) is 9.59 Å². The molecule has 1 aliphatic rings. The van der Waals surface area contributed by atoms with E-state index in [4.69, 9.17) is 4.74 Å². The lowest BCUT2D eigenvalue weighted by Crippen LogP contribution is -2.27. The zero-order chi connectivity index (χ0) is 19.9. The third-order valence-corrected chi connectivity index (χ3v) is 4.82. The second-order valence-corrected chi connectivity index (χ2v) is 7.59. The van der Waals surface area contributed by atoms with Crippen molar-refractivity contribution in [1.82, 2.24) is 4.90 Å². The second-order valence-electron chi connectivity index (χ2n) is 7.59. The van der Waals surface area contributed by atoms with Crippen molar-refractivity contribution in [1.29, 1.82) is 0 Å².